The van der Waals surface area contributed by atoms with Crippen LogP contribution in [0.4, 0.5) is 0 Å². The summed E-state index contributed by atoms with van der Waals surface area (Å²) in [5.41, 5.74) is 0.874. The minimum Gasteiger partial charge on any atom is -0.337 e. The normalized spacial score (nSPS) is 16.1. The van der Waals surface area contributed by atoms with Crippen molar-refractivity contribution in [2.75, 3.05) is 7.05 Å². The van der Waals surface area contributed by atoms with Gasteiger partial charge in [-0.3, -0.25) is 4.79 Å². The van der Waals surface area contributed by atoms with Gasteiger partial charge >= 0.3 is 0 Å². The van der Waals surface area contributed by atoms with Crippen molar-refractivity contribution >= 4 is 5.91 Å². The second-order valence-corrected chi connectivity index (χ2v) is 4.54. The fraction of sp³-hybridized carbons (Fsp3) is 0.462. The van der Waals surface area contributed by atoms with E-state index in [-0.39, 0.29) is 11.9 Å². The van der Waals surface area contributed by atoms with Crippen LogP contribution in [0.5, 0.6) is 0 Å². The highest BCUT2D eigenvalue weighted by Crippen LogP contribution is 2.34. The summed E-state index contributed by atoms with van der Waals surface area (Å²) in [6.07, 6.45) is 3.85. The SMILES string of the molecule is CC(C1CC1)N(C)C(=O)c1ccc(C#N)cn1. The van der Waals surface area contributed by atoms with Gasteiger partial charge in [-0.15, -0.1) is 0 Å². The molecule has 0 bridgehead atoms. The lowest BCUT2D eigenvalue weighted by atomic mass is 10.1. The first-order valence-electron chi connectivity index (χ1n) is 5.77. The maximum Gasteiger partial charge on any atom is 0.272 e. The van der Waals surface area contributed by atoms with E-state index < -0.39 is 0 Å². The van der Waals surface area contributed by atoms with Gasteiger partial charge in [-0.05, 0) is 37.8 Å². The third kappa shape index (κ3) is 2.44. The quantitative estimate of drug-likeness (QED) is 0.794. The molecule has 0 spiro atoms. The molecule has 1 aromatic rings. The zero-order chi connectivity index (χ0) is 12.4. The van der Waals surface area contributed by atoms with Crippen molar-refractivity contribution in [3.05, 3.63) is 29.6 Å². The van der Waals surface area contributed by atoms with Crippen LogP contribution in [0.1, 0.15) is 35.8 Å². The highest BCUT2D eigenvalue weighted by molar-refractivity contribution is 5.92. The Balaban J connectivity index is 2.10. The number of carbonyl (C=O) groups is 1. The molecular formula is C13H15N3O. The van der Waals surface area contributed by atoms with Crippen LogP contribution < -0.4 is 0 Å². The third-order valence-electron chi connectivity index (χ3n) is 3.35. The van der Waals surface area contributed by atoms with Gasteiger partial charge in [-0.25, -0.2) is 4.98 Å². The standard InChI is InChI=1S/C13H15N3O/c1-9(11-4-5-11)16(2)13(17)12-6-3-10(7-14)8-15-12/h3,6,8-9,11H,4-5H2,1-2H3. The number of rotatable bonds is 3. The van der Waals surface area contributed by atoms with Crippen molar-refractivity contribution in [2.45, 2.75) is 25.8 Å². The van der Waals surface area contributed by atoms with Crippen LogP contribution in [-0.2, 0) is 0 Å². The average molecular weight is 229 g/mol. The Hall–Kier alpha value is -1.89. The maximum absolute atomic E-state index is 12.1. The third-order valence-corrected chi connectivity index (χ3v) is 3.35. The molecule has 4 heteroatoms. The van der Waals surface area contributed by atoms with E-state index >= 15 is 0 Å². The molecule has 1 aliphatic rings. The summed E-state index contributed by atoms with van der Waals surface area (Å²) in [4.78, 5) is 17.9. The molecule has 1 aromatic heterocycles. The first kappa shape index (κ1) is 11.6. The van der Waals surface area contributed by atoms with E-state index in [2.05, 4.69) is 11.9 Å². The molecule has 1 fully saturated rings. The molecule has 0 aliphatic heterocycles. The second kappa shape index (κ2) is 4.54. The van der Waals surface area contributed by atoms with Crippen LogP contribution in [-0.4, -0.2) is 28.9 Å². The zero-order valence-corrected chi connectivity index (χ0v) is 10.1. The number of hydrogen-bond donors (Lipinski definition) is 0. The lowest BCUT2D eigenvalue weighted by Crippen LogP contribution is -2.36. The predicted octanol–water partition coefficient (Wildman–Crippen LogP) is 1.82. The molecule has 1 unspecified atom stereocenters. The summed E-state index contributed by atoms with van der Waals surface area (Å²) < 4.78 is 0. The van der Waals surface area contributed by atoms with Crippen molar-refractivity contribution in [1.82, 2.24) is 9.88 Å². The van der Waals surface area contributed by atoms with E-state index in [9.17, 15) is 4.79 Å². The highest BCUT2D eigenvalue weighted by atomic mass is 16.2. The molecule has 1 heterocycles. The van der Waals surface area contributed by atoms with Gasteiger partial charge in [0.2, 0.25) is 0 Å². The van der Waals surface area contributed by atoms with Crippen molar-refractivity contribution in [3.8, 4) is 6.07 Å². The average Bonchev–Trinajstić information content (AvgIpc) is 3.20. The van der Waals surface area contributed by atoms with Crippen molar-refractivity contribution in [3.63, 3.8) is 0 Å². The summed E-state index contributed by atoms with van der Waals surface area (Å²) in [6.45, 7) is 2.07. The molecule has 1 saturated carbocycles. The molecular weight excluding hydrogens is 214 g/mol. The molecule has 0 radical (unpaired) electrons. The summed E-state index contributed by atoms with van der Waals surface area (Å²) >= 11 is 0. The zero-order valence-electron chi connectivity index (χ0n) is 10.1. The van der Waals surface area contributed by atoms with E-state index in [1.54, 1.807) is 17.0 Å². The molecule has 1 atom stereocenters. The lowest BCUT2D eigenvalue weighted by Gasteiger charge is -2.24. The van der Waals surface area contributed by atoms with Gasteiger partial charge in [0, 0.05) is 19.3 Å². The summed E-state index contributed by atoms with van der Waals surface area (Å²) in [6, 6.07) is 5.48. The van der Waals surface area contributed by atoms with Crippen molar-refractivity contribution < 1.29 is 4.79 Å². The highest BCUT2D eigenvalue weighted by Gasteiger charge is 2.32. The van der Waals surface area contributed by atoms with E-state index in [1.165, 1.54) is 19.0 Å². The number of carbonyl (C=O) groups excluding carboxylic acids is 1. The number of nitrogens with zero attached hydrogens (tertiary/aromatic N) is 3. The minimum atomic E-state index is -0.0751. The largest absolute Gasteiger partial charge is 0.337 e. The number of amides is 1. The molecule has 88 valence electrons. The summed E-state index contributed by atoms with van der Waals surface area (Å²) in [5, 5.41) is 8.66. The van der Waals surface area contributed by atoms with Crippen LogP contribution in [0.2, 0.25) is 0 Å². The Morgan fingerprint density at radius 3 is 2.76 bits per heavy atom. The predicted molar refractivity (Wildman–Crippen MR) is 63.2 cm³/mol. The monoisotopic (exact) mass is 229 g/mol. The Kier molecular flexibility index (Phi) is 3.10. The van der Waals surface area contributed by atoms with Crippen LogP contribution >= 0.6 is 0 Å². The molecule has 17 heavy (non-hydrogen) atoms. The van der Waals surface area contributed by atoms with Gasteiger partial charge in [-0.2, -0.15) is 5.26 Å². The Bertz CT molecular complexity index is 457. The Labute approximate surface area is 101 Å². The molecule has 2 rings (SSSR count). The van der Waals surface area contributed by atoms with Crippen molar-refractivity contribution in [2.24, 2.45) is 5.92 Å². The van der Waals surface area contributed by atoms with Crippen LogP contribution in [0.15, 0.2) is 18.3 Å². The first-order chi connectivity index (χ1) is 8.13. The van der Waals surface area contributed by atoms with E-state index in [1.807, 2.05) is 13.1 Å². The number of hydrogen-bond acceptors (Lipinski definition) is 3. The van der Waals surface area contributed by atoms with Gasteiger partial charge in [-0.1, -0.05) is 0 Å². The molecule has 0 saturated heterocycles. The van der Waals surface area contributed by atoms with Gasteiger partial charge < -0.3 is 4.90 Å². The summed E-state index contributed by atoms with van der Waals surface area (Å²) in [7, 11) is 1.81. The molecule has 0 aromatic carbocycles. The van der Waals surface area contributed by atoms with Crippen LogP contribution in [0, 0.1) is 17.2 Å². The van der Waals surface area contributed by atoms with E-state index in [0.29, 0.717) is 17.2 Å². The first-order valence-corrected chi connectivity index (χ1v) is 5.77. The van der Waals surface area contributed by atoms with E-state index in [0.717, 1.165) is 0 Å². The fourth-order valence-electron chi connectivity index (χ4n) is 1.85. The van der Waals surface area contributed by atoms with Gasteiger partial charge in [0.05, 0.1) is 5.56 Å². The van der Waals surface area contributed by atoms with Crippen LogP contribution in [0.25, 0.3) is 0 Å². The smallest absolute Gasteiger partial charge is 0.272 e. The Morgan fingerprint density at radius 2 is 2.29 bits per heavy atom. The van der Waals surface area contributed by atoms with Gasteiger partial charge in [0.1, 0.15) is 11.8 Å². The molecule has 4 nitrogen and oxygen atoms in total. The molecule has 1 aliphatic carbocycles. The number of aromatic nitrogens is 1. The maximum atomic E-state index is 12.1. The van der Waals surface area contributed by atoms with Gasteiger partial charge in [0.25, 0.3) is 5.91 Å². The fourth-order valence-corrected chi connectivity index (χ4v) is 1.85. The topological polar surface area (TPSA) is 57.0 Å². The number of nitriles is 1. The van der Waals surface area contributed by atoms with E-state index in [4.69, 9.17) is 5.26 Å². The van der Waals surface area contributed by atoms with Crippen LogP contribution in [0.3, 0.4) is 0 Å². The van der Waals surface area contributed by atoms with Gasteiger partial charge in [0.15, 0.2) is 0 Å². The molecule has 0 N–H and O–H groups in total. The van der Waals surface area contributed by atoms with Crippen molar-refractivity contribution in [1.29, 1.82) is 5.26 Å². The Morgan fingerprint density at radius 1 is 1.59 bits per heavy atom. The minimum absolute atomic E-state index is 0.0751. The second-order valence-electron chi connectivity index (χ2n) is 4.54. The summed E-state index contributed by atoms with van der Waals surface area (Å²) in [5.74, 6) is 0.566. The molecule has 1 amide bonds. The number of pyridine rings is 1. The lowest BCUT2D eigenvalue weighted by molar-refractivity contribution is 0.0721.